The molecule has 0 saturated heterocycles. The molecule has 2 aromatic carbocycles. The molecule has 6 heteroatoms. The van der Waals surface area contributed by atoms with Crippen LogP contribution in [0, 0.1) is 0 Å². The second-order valence-electron chi connectivity index (χ2n) is 5.63. The zero-order valence-electron chi connectivity index (χ0n) is 13.4. The summed E-state index contributed by atoms with van der Waals surface area (Å²) >= 11 is 11.9. The maximum Gasteiger partial charge on any atom is 0.255 e. The molecule has 0 saturated carbocycles. The molecule has 1 atom stereocenters. The smallest absolute Gasteiger partial charge is 0.255 e. The van der Waals surface area contributed by atoms with Crippen LogP contribution in [0.25, 0.3) is 0 Å². The van der Waals surface area contributed by atoms with Gasteiger partial charge in [-0.2, -0.15) is 0 Å². The number of anilines is 1. The molecule has 0 bridgehead atoms. The number of fused-ring (bicyclic) bond motifs is 1. The lowest BCUT2D eigenvalue weighted by Crippen LogP contribution is -2.13. The van der Waals surface area contributed by atoms with Crippen LogP contribution in [-0.4, -0.2) is 18.6 Å². The SMILES string of the molecule is CCOc1cc2c(cc1NC(=O)c1cc(Cl)cc(Cl)c1)O[C@H](C)C2. The van der Waals surface area contributed by atoms with Crippen LogP contribution in [0.3, 0.4) is 0 Å². The van der Waals surface area contributed by atoms with Gasteiger partial charge in [0.25, 0.3) is 5.91 Å². The minimum absolute atomic E-state index is 0.118. The zero-order valence-corrected chi connectivity index (χ0v) is 14.9. The summed E-state index contributed by atoms with van der Waals surface area (Å²) in [6, 6.07) is 8.43. The molecule has 1 aliphatic heterocycles. The average molecular weight is 366 g/mol. The highest BCUT2D eigenvalue weighted by atomic mass is 35.5. The van der Waals surface area contributed by atoms with E-state index in [4.69, 9.17) is 32.7 Å². The van der Waals surface area contributed by atoms with Gasteiger partial charge >= 0.3 is 0 Å². The minimum atomic E-state index is -0.314. The lowest BCUT2D eigenvalue weighted by molar-refractivity contribution is 0.102. The summed E-state index contributed by atoms with van der Waals surface area (Å²) in [6.07, 6.45) is 0.945. The Bertz CT molecular complexity index is 772. The number of halogens is 2. The Morgan fingerprint density at radius 2 is 1.96 bits per heavy atom. The molecule has 0 unspecified atom stereocenters. The van der Waals surface area contributed by atoms with Crippen molar-refractivity contribution >= 4 is 34.8 Å². The molecular weight excluding hydrogens is 349 g/mol. The van der Waals surface area contributed by atoms with Gasteiger partial charge in [-0.05, 0) is 38.1 Å². The van der Waals surface area contributed by atoms with Gasteiger partial charge in [-0.1, -0.05) is 23.2 Å². The fourth-order valence-corrected chi connectivity index (χ4v) is 3.22. The van der Waals surface area contributed by atoms with Crippen molar-refractivity contribution in [2.45, 2.75) is 26.4 Å². The summed E-state index contributed by atoms with van der Waals surface area (Å²) in [7, 11) is 0. The van der Waals surface area contributed by atoms with E-state index in [0.29, 0.717) is 33.7 Å². The van der Waals surface area contributed by atoms with Crippen molar-refractivity contribution in [3.63, 3.8) is 0 Å². The third-order valence-electron chi connectivity index (χ3n) is 3.67. The molecule has 0 aliphatic carbocycles. The van der Waals surface area contributed by atoms with Gasteiger partial charge in [-0.3, -0.25) is 4.79 Å². The Hall–Kier alpha value is -1.91. The van der Waals surface area contributed by atoms with Crippen LogP contribution < -0.4 is 14.8 Å². The molecule has 0 radical (unpaired) electrons. The number of hydrogen-bond donors (Lipinski definition) is 1. The van der Waals surface area contributed by atoms with Crippen LogP contribution >= 0.6 is 23.2 Å². The number of benzene rings is 2. The second kappa shape index (κ2) is 6.91. The van der Waals surface area contributed by atoms with Crippen LogP contribution in [-0.2, 0) is 6.42 Å². The normalized spacial score (nSPS) is 15.6. The molecule has 1 heterocycles. The fourth-order valence-electron chi connectivity index (χ4n) is 2.69. The highest BCUT2D eigenvalue weighted by Crippen LogP contribution is 2.38. The maximum atomic E-state index is 12.5. The number of rotatable bonds is 4. The third kappa shape index (κ3) is 3.60. The lowest BCUT2D eigenvalue weighted by atomic mass is 10.1. The minimum Gasteiger partial charge on any atom is -0.492 e. The van der Waals surface area contributed by atoms with E-state index in [1.165, 1.54) is 0 Å². The van der Waals surface area contributed by atoms with E-state index in [1.807, 2.05) is 19.9 Å². The zero-order chi connectivity index (χ0) is 17.3. The van der Waals surface area contributed by atoms with Crippen molar-refractivity contribution < 1.29 is 14.3 Å². The predicted octanol–water partition coefficient (Wildman–Crippen LogP) is 4.97. The first kappa shape index (κ1) is 16.9. The Kier molecular flexibility index (Phi) is 4.88. The Morgan fingerprint density at radius 1 is 1.25 bits per heavy atom. The number of amides is 1. The molecule has 0 fully saturated rings. The summed E-state index contributed by atoms with van der Waals surface area (Å²) < 4.78 is 11.4. The van der Waals surface area contributed by atoms with Crippen molar-refractivity contribution in [2.75, 3.05) is 11.9 Å². The Labute approximate surface area is 150 Å². The standard InChI is InChI=1S/C18H17Cl2NO3/c1-3-23-17-7-11-4-10(2)24-16(11)9-15(17)21-18(22)12-5-13(19)8-14(20)6-12/h5-10H,3-4H2,1-2H3,(H,21,22)/t10-/m1/s1. The molecule has 1 aliphatic rings. The van der Waals surface area contributed by atoms with Crippen molar-refractivity contribution in [3.05, 3.63) is 51.5 Å². The van der Waals surface area contributed by atoms with Gasteiger partial charge in [0.2, 0.25) is 0 Å². The maximum absolute atomic E-state index is 12.5. The fraction of sp³-hybridized carbons (Fsp3) is 0.278. The van der Waals surface area contributed by atoms with Crippen molar-refractivity contribution in [3.8, 4) is 11.5 Å². The number of carbonyl (C=O) groups is 1. The van der Waals surface area contributed by atoms with Crippen LogP contribution in [0.2, 0.25) is 10.0 Å². The lowest BCUT2D eigenvalue weighted by Gasteiger charge is -2.14. The van der Waals surface area contributed by atoms with Crippen LogP contribution in [0.1, 0.15) is 29.8 Å². The monoisotopic (exact) mass is 365 g/mol. The Morgan fingerprint density at radius 3 is 2.62 bits per heavy atom. The van der Waals surface area contributed by atoms with Crippen LogP contribution in [0.15, 0.2) is 30.3 Å². The first-order valence-electron chi connectivity index (χ1n) is 7.70. The van der Waals surface area contributed by atoms with Gasteiger partial charge in [0.1, 0.15) is 17.6 Å². The first-order valence-corrected chi connectivity index (χ1v) is 8.45. The quantitative estimate of drug-likeness (QED) is 0.831. The number of ether oxygens (including phenoxy) is 2. The number of carbonyl (C=O) groups excluding carboxylic acids is 1. The van der Waals surface area contributed by atoms with Gasteiger partial charge in [-0.15, -0.1) is 0 Å². The molecule has 1 N–H and O–H groups in total. The van der Waals surface area contributed by atoms with Gasteiger partial charge in [0.05, 0.1) is 12.3 Å². The van der Waals surface area contributed by atoms with Gasteiger partial charge in [0.15, 0.2) is 0 Å². The van der Waals surface area contributed by atoms with Gasteiger partial charge in [0, 0.05) is 33.7 Å². The molecule has 1 amide bonds. The highest BCUT2D eigenvalue weighted by Gasteiger charge is 2.23. The molecule has 0 spiro atoms. The van der Waals surface area contributed by atoms with E-state index in [-0.39, 0.29) is 12.0 Å². The van der Waals surface area contributed by atoms with Crippen LogP contribution in [0.5, 0.6) is 11.5 Å². The molecule has 4 nitrogen and oxygen atoms in total. The first-order chi connectivity index (χ1) is 11.5. The molecular formula is C18H17Cl2NO3. The van der Waals surface area contributed by atoms with Crippen molar-refractivity contribution in [2.24, 2.45) is 0 Å². The predicted molar refractivity (Wildman–Crippen MR) is 95.8 cm³/mol. The molecule has 2 aromatic rings. The highest BCUT2D eigenvalue weighted by molar-refractivity contribution is 6.35. The molecule has 24 heavy (non-hydrogen) atoms. The third-order valence-corrected chi connectivity index (χ3v) is 4.11. The number of nitrogens with one attached hydrogen (secondary N) is 1. The van der Waals surface area contributed by atoms with E-state index in [0.717, 1.165) is 17.7 Å². The van der Waals surface area contributed by atoms with E-state index < -0.39 is 0 Å². The topological polar surface area (TPSA) is 47.6 Å². The van der Waals surface area contributed by atoms with Gasteiger partial charge in [-0.25, -0.2) is 0 Å². The number of hydrogen-bond acceptors (Lipinski definition) is 3. The summed E-state index contributed by atoms with van der Waals surface area (Å²) in [5.41, 5.74) is 2.02. The summed E-state index contributed by atoms with van der Waals surface area (Å²) in [5, 5.41) is 3.66. The van der Waals surface area contributed by atoms with Crippen molar-refractivity contribution in [1.82, 2.24) is 0 Å². The largest absolute Gasteiger partial charge is 0.492 e. The van der Waals surface area contributed by atoms with E-state index in [1.54, 1.807) is 24.3 Å². The summed E-state index contributed by atoms with van der Waals surface area (Å²) in [6.45, 7) is 4.41. The van der Waals surface area contributed by atoms with E-state index >= 15 is 0 Å². The summed E-state index contributed by atoms with van der Waals surface area (Å²) in [5.74, 6) is 1.08. The van der Waals surface area contributed by atoms with E-state index in [2.05, 4.69) is 5.32 Å². The Balaban J connectivity index is 1.91. The summed E-state index contributed by atoms with van der Waals surface area (Å²) in [4.78, 5) is 12.5. The van der Waals surface area contributed by atoms with Crippen LogP contribution in [0.4, 0.5) is 5.69 Å². The second-order valence-corrected chi connectivity index (χ2v) is 6.51. The van der Waals surface area contributed by atoms with E-state index in [9.17, 15) is 4.79 Å². The van der Waals surface area contributed by atoms with Gasteiger partial charge < -0.3 is 14.8 Å². The molecule has 0 aromatic heterocycles. The van der Waals surface area contributed by atoms with Crippen molar-refractivity contribution in [1.29, 1.82) is 0 Å². The average Bonchev–Trinajstić information content (AvgIpc) is 2.85. The molecule has 126 valence electrons. The molecule has 3 rings (SSSR count).